The Bertz CT molecular complexity index is 539. The standard InChI is InChI=1S/C19H28N2O3/c1-23-18-6-3-2-5-17(18)15-21(19(22)16-7-8-16)10-4-9-20-11-13-24-14-12-20/h2-3,5-6,16H,4,7-15H2,1H3. The lowest BCUT2D eigenvalue weighted by Crippen LogP contribution is -2.39. The van der Waals surface area contributed by atoms with E-state index in [4.69, 9.17) is 9.47 Å². The topological polar surface area (TPSA) is 42.0 Å². The zero-order valence-corrected chi connectivity index (χ0v) is 14.6. The first-order valence-corrected chi connectivity index (χ1v) is 8.98. The van der Waals surface area contributed by atoms with Crippen LogP contribution in [0, 0.1) is 5.92 Å². The summed E-state index contributed by atoms with van der Waals surface area (Å²) in [6.45, 7) is 6.14. The molecule has 3 rings (SSSR count). The van der Waals surface area contributed by atoms with Crippen LogP contribution in [0.1, 0.15) is 24.8 Å². The Kier molecular flexibility index (Phi) is 6.10. The molecule has 24 heavy (non-hydrogen) atoms. The number of carbonyl (C=O) groups is 1. The summed E-state index contributed by atoms with van der Waals surface area (Å²) in [6, 6.07) is 7.98. The quantitative estimate of drug-likeness (QED) is 0.732. The van der Waals surface area contributed by atoms with Gasteiger partial charge in [-0.3, -0.25) is 9.69 Å². The van der Waals surface area contributed by atoms with Crippen LogP contribution in [-0.2, 0) is 16.1 Å². The molecule has 0 aromatic heterocycles. The number of nitrogens with zero attached hydrogens (tertiary/aromatic N) is 2. The van der Waals surface area contributed by atoms with E-state index in [-0.39, 0.29) is 5.92 Å². The van der Waals surface area contributed by atoms with Crippen molar-refractivity contribution in [2.24, 2.45) is 5.92 Å². The maximum atomic E-state index is 12.6. The van der Waals surface area contributed by atoms with Crippen molar-refractivity contribution in [1.29, 1.82) is 0 Å². The fourth-order valence-electron chi connectivity index (χ4n) is 3.20. The lowest BCUT2D eigenvalue weighted by Gasteiger charge is -2.28. The average Bonchev–Trinajstić information content (AvgIpc) is 3.47. The zero-order chi connectivity index (χ0) is 16.8. The second kappa shape index (κ2) is 8.49. The molecule has 0 spiro atoms. The van der Waals surface area contributed by atoms with E-state index < -0.39 is 0 Å². The highest BCUT2D eigenvalue weighted by atomic mass is 16.5. The molecule has 5 heteroatoms. The van der Waals surface area contributed by atoms with E-state index in [0.717, 1.165) is 70.0 Å². The average molecular weight is 332 g/mol. The molecule has 1 amide bonds. The predicted molar refractivity (Wildman–Crippen MR) is 93.0 cm³/mol. The fraction of sp³-hybridized carbons (Fsp3) is 0.632. The minimum atomic E-state index is 0.253. The van der Waals surface area contributed by atoms with Crippen LogP contribution < -0.4 is 4.74 Å². The Labute approximate surface area is 144 Å². The van der Waals surface area contributed by atoms with Crippen molar-refractivity contribution in [1.82, 2.24) is 9.80 Å². The molecule has 1 aliphatic carbocycles. The molecule has 132 valence electrons. The van der Waals surface area contributed by atoms with E-state index in [1.165, 1.54) is 0 Å². The first-order chi connectivity index (χ1) is 11.8. The summed E-state index contributed by atoms with van der Waals surface area (Å²) in [4.78, 5) is 17.1. The Morgan fingerprint density at radius 2 is 2.04 bits per heavy atom. The van der Waals surface area contributed by atoms with Crippen LogP contribution >= 0.6 is 0 Å². The van der Waals surface area contributed by atoms with E-state index in [0.29, 0.717) is 12.5 Å². The van der Waals surface area contributed by atoms with Gasteiger partial charge in [-0.1, -0.05) is 18.2 Å². The molecule has 0 N–H and O–H groups in total. The van der Waals surface area contributed by atoms with Gasteiger partial charge in [-0.05, 0) is 25.3 Å². The van der Waals surface area contributed by atoms with E-state index in [1.54, 1.807) is 7.11 Å². The number of amides is 1. The molecule has 1 aliphatic heterocycles. The Hall–Kier alpha value is -1.59. The third-order valence-electron chi connectivity index (χ3n) is 4.80. The Morgan fingerprint density at radius 3 is 2.75 bits per heavy atom. The van der Waals surface area contributed by atoms with Gasteiger partial charge in [0.25, 0.3) is 0 Å². The van der Waals surface area contributed by atoms with Gasteiger partial charge in [0.05, 0.1) is 20.3 Å². The molecule has 2 aliphatic rings. The second-order valence-electron chi connectivity index (χ2n) is 6.65. The van der Waals surface area contributed by atoms with Crippen molar-refractivity contribution in [2.45, 2.75) is 25.8 Å². The molecule has 1 heterocycles. The van der Waals surface area contributed by atoms with Crippen molar-refractivity contribution in [3.8, 4) is 5.75 Å². The van der Waals surface area contributed by atoms with Crippen molar-refractivity contribution in [2.75, 3.05) is 46.5 Å². The first-order valence-electron chi connectivity index (χ1n) is 8.98. The molecule has 1 aromatic rings. The zero-order valence-electron chi connectivity index (χ0n) is 14.6. The highest BCUT2D eigenvalue weighted by molar-refractivity contribution is 5.81. The minimum Gasteiger partial charge on any atom is -0.496 e. The fourth-order valence-corrected chi connectivity index (χ4v) is 3.20. The number of morpholine rings is 1. The van der Waals surface area contributed by atoms with Gasteiger partial charge in [-0.15, -0.1) is 0 Å². The molecule has 1 saturated heterocycles. The Balaban J connectivity index is 1.57. The number of carbonyl (C=O) groups excluding carboxylic acids is 1. The predicted octanol–water partition coefficient (Wildman–Crippen LogP) is 2.16. The number of rotatable bonds is 8. The molecule has 0 unspecified atom stereocenters. The molecule has 0 radical (unpaired) electrons. The first kappa shape index (κ1) is 17.2. The summed E-state index contributed by atoms with van der Waals surface area (Å²) in [5.41, 5.74) is 1.08. The minimum absolute atomic E-state index is 0.253. The van der Waals surface area contributed by atoms with Gasteiger partial charge in [-0.2, -0.15) is 0 Å². The van der Waals surface area contributed by atoms with Gasteiger partial charge in [0, 0.05) is 44.2 Å². The summed E-state index contributed by atoms with van der Waals surface area (Å²) in [5, 5.41) is 0. The van der Waals surface area contributed by atoms with Gasteiger partial charge < -0.3 is 14.4 Å². The van der Waals surface area contributed by atoms with E-state index in [9.17, 15) is 4.79 Å². The second-order valence-corrected chi connectivity index (χ2v) is 6.65. The molecule has 5 nitrogen and oxygen atoms in total. The van der Waals surface area contributed by atoms with Crippen LogP contribution in [0.5, 0.6) is 5.75 Å². The lowest BCUT2D eigenvalue weighted by molar-refractivity contribution is -0.133. The van der Waals surface area contributed by atoms with Crippen molar-refractivity contribution >= 4 is 5.91 Å². The highest BCUT2D eigenvalue weighted by Crippen LogP contribution is 2.32. The maximum absolute atomic E-state index is 12.6. The van der Waals surface area contributed by atoms with Crippen LogP contribution in [0.4, 0.5) is 0 Å². The lowest BCUT2D eigenvalue weighted by atomic mass is 10.1. The Morgan fingerprint density at radius 1 is 1.29 bits per heavy atom. The summed E-state index contributed by atoms with van der Waals surface area (Å²) in [5.74, 6) is 1.42. The molecular weight excluding hydrogens is 304 g/mol. The molecule has 2 fully saturated rings. The number of ether oxygens (including phenoxy) is 2. The number of para-hydroxylation sites is 1. The van der Waals surface area contributed by atoms with E-state index in [1.807, 2.05) is 29.2 Å². The monoisotopic (exact) mass is 332 g/mol. The summed E-state index contributed by atoms with van der Waals surface area (Å²) >= 11 is 0. The van der Waals surface area contributed by atoms with Gasteiger partial charge in [0.1, 0.15) is 5.75 Å². The number of methoxy groups -OCH3 is 1. The van der Waals surface area contributed by atoms with Gasteiger partial charge in [-0.25, -0.2) is 0 Å². The normalized spacial score (nSPS) is 18.4. The van der Waals surface area contributed by atoms with Crippen LogP contribution in [0.3, 0.4) is 0 Å². The van der Waals surface area contributed by atoms with Crippen LogP contribution in [0.15, 0.2) is 24.3 Å². The van der Waals surface area contributed by atoms with Crippen molar-refractivity contribution < 1.29 is 14.3 Å². The summed E-state index contributed by atoms with van der Waals surface area (Å²) in [7, 11) is 1.68. The molecule has 1 saturated carbocycles. The summed E-state index contributed by atoms with van der Waals surface area (Å²) < 4.78 is 10.8. The van der Waals surface area contributed by atoms with Crippen molar-refractivity contribution in [3.63, 3.8) is 0 Å². The molecule has 0 bridgehead atoms. The molecule has 0 atom stereocenters. The van der Waals surface area contributed by atoms with Crippen LogP contribution in [-0.4, -0.2) is 62.2 Å². The number of benzene rings is 1. The van der Waals surface area contributed by atoms with Gasteiger partial charge in [0.2, 0.25) is 5.91 Å². The molecular formula is C19H28N2O3. The van der Waals surface area contributed by atoms with Gasteiger partial charge >= 0.3 is 0 Å². The third kappa shape index (κ3) is 4.71. The van der Waals surface area contributed by atoms with E-state index in [2.05, 4.69) is 4.90 Å². The van der Waals surface area contributed by atoms with Crippen molar-refractivity contribution in [3.05, 3.63) is 29.8 Å². The number of hydrogen-bond acceptors (Lipinski definition) is 4. The molecule has 1 aromatic carbocycles. The van der Waals surface area contributed by atoms with Crippen LogP contribution in [0.25, 0.3) is 0 Å². The highest BCUT2D eigenvalue weighted by Gasteiger charge is 2.33. The smallest absolute Gasteiger partial charge is 0.225 e. The third-order valence-corrected chi connectivity index (χ3v) is 4.80. The largest absolute Gasteiger partial charge is 0.496 e. The van der Waals surface area contributed by atoms with Crippen LogP contribution in [0.2, 0.25) is 0 Å². The summed E-state index contributed by atoms with van der Waals surface area (Å²) in [6.07, 6.45) is 3.10. The maximum Gasteiger partial charge on any atom is 0.225 e. The van der Waals surface area contributed by atoms with E-state index >= 15 is 0 Å². The SMILES string of the molecule is COc1ccccc1CN(CCCN1CCOCC1)C(=O)C1CC1. The van der Waals surface area contributed by atoms with Gasteiger partial charge in [0.15, 0.2) is 0 Å². The number of hydrogen-bond donors (Lipinski definition) is 0.